The predicted octanol–water partition coefficient (Wildman–Crippen LogP) is 0.975. The first-order valence-electron chi connectivity index (χ1n) is 6.28. The van der Waals surface area contributed by atoms with Gasteiger partial charge in [0.2, 0.25) is 0 Å². The van der Waals surface area contributed by atoms with Gasteiger partial charge in [0.25, 0.3) is 5.56 Å². The summed E-state index contributed by atoms with van der Waals surface area (Å²) in [5.74, 6) is 0.534. The number of aromatic nitrogens is 2. The molecule has 1 unspecified atom stereocenters. The van der Waals surface area contributed by atoms with Crippen LogP contribution < -0.4 is 5.56 Å². The summed E-state index contributed by atoms with van der Waals surface area (Å²) in [6, 6.07) is 1.46. The number of nitrogens with one attached hydrogen (secondary N) is 1. The van der Waals surface area contributed by atoms with E-state index in [1.807, 2.05) is 0 Å². The molecule has 0 bridgehead atoms. The van der Waals surface area contributed by atoms with E-state index in [2.05, 4.69) is 14.9 Å². The third-order valence-electron chi connectivity index (χ3n) is 3.03. The van der Waals surface area contributed by atoms with Crippen molar-refractivity contribution in [3.63, 3.8) is 0 Å². The van der Waals surface area contributed by atoms with Crippen LogP contribution in [-0.2, 0) is 0 Å². The van der Waals surface area contributed by atoms with Gasteiger partial charge in [0, 0.05) is 30.6 Å². The summed E-state index contributed by atoms with van der Waals surface area (Å²) in [6.45, 7) is 3.71. The number of hydrogen-bond acceptors (Lipinski definition) is 5. The Morgan fingerprint density at radius 1 is 1.50 bits per heavy atom. The maximum absolute atomic E-state index is 11.3. The number of hydrogen-bond donors (Lipinski definition) is 2. The number of thioether (sulfide) groups is 1. The van der Waals surface area contributed by atoms with Gasteiger partial charge in [-0.05, 0) is 19.8 Å². The van der Waals surface area contributed by atoms with Gasteiger partial charge in [-0.3, -0.25) is 9.69 Å². The highest BCUT2D eigenvalue weighted by Gasteiger charge is 2.18. The maximum Gasteiger partial charge on any atom is 0.251 e. The monoisotopic (exact) mass is 269 g/mol. The molecule has 18 heavy (non-hydrogen) atoms. The van der Waals surface area contributed by atoms with Crippen molar-refractivity contribution < 1.29 is 5.11 Å². The zero-order valence-electron chi connectivity index (χ0n) is 10.6. The molecule has 2 heterocycles. The van der Waals surface area contributed by atoms with E-state index in [1.54, 1.807) is 6.92 Å². The van der Waals surface area contributed by atoms with E-state index in [1.165, 1.54) is 24.2 Å². The second kappa shape index (κ2) is 6.36. The molecule has 100 valence electrons. The maximum atomic E-state index is 11.3. The minimum atomic E-state index is -0.457. The Morgan fingerprint density at radius 2 is 2.22 bits per heavy atom. The lowest BCUT2D eigenvalue weighted by atomic mass is 10.1. The molecule has 0 aromatic carbocycles. The predicted molar refractivity (Wildman–Crippen MR) is 71.7 cm³/mol. The van der Waals surface area contributed by atoms with Crippen LogP contribution in [0.1, 0.15) is 25.0 Å². The van der Waals surface area contributed by atoms with E-state index < -0.39 is 6.23 Å². The van der Waals surface area contributed by atoms with Crippen LogP contribution in [0.15, 0.2) is 16.0 Å². The number of H-pyrrole nitrogens is 1. The van der Waals surface area contributed by atoms with Gasteiger partial charge >= 0.3 is 0 Å². The first-order chi connectivity index (χ1) is 8.65. The molecule has 6 heteroatoms. The Morgan fingerprint density at radius 3 is 2.89 bits per heavy atom. The molecule has 0 amide bonds. The number of piperidine rings is 1. The Hall–Kier alpha value is -0.850. The topological polar surface area (TPSA) is 69.2 Å². The van der Waals surface area contributed by atoms with E-state index in [0.29, 0.717) is 16.6 Å². The lowest BCUT2D eigenvalue weighted by Gasteiger charge is -2.30. The zero-order chi connectivity index (χ0) is 13.0. The number of likely N-dealkylation sites (tertiary alicyclic amines) is 1. The Bertz CT molecular complexity index is 443. The van der Waals surface area contributed by atoms with Crippen molar-refractivity contribution in [3.05, 3.63) is 22.1 Å². The molecule has 0 saturated carbocycles. The quantitative estimate of drug-likeness (QED) is 0.630. The number of aryl methyl sites for hydroxylation is 1. The van der Waals surface area contributed by atoms with Crippen molar-refractivity contribution in [3.8, 4) is 0 Å². The average molecular weight is 269 g/mol. The number of aliphatic hydroxyl groups excluding tert-OH is 1. The SMILES string of the molecule is Cc1cc(=O)[nH]c(SCC(O)N2CCCCC2)n1. The summed E-state index contributed by atoms with van der Waals surface area (Å²) >= 11 is 1.39. The largest absolute Gasteiger partial charge is 0.377 e. The van der Waals surface area contributed by atoms with Crippen LogP contribution >= 0.6 is 11.8 Å². The summed E-state index contributed by atoms with van der Waals surface area (Å²) < 4.78 is 0. The molecule has 1 fully saturated rings. The van der Waals surface area contributed by atoms with Crippen LogP contribution in [-0.4, -0.2) is 45.0 Å². The highest BCUT2D eigenvalue weighted by Crippen LogP contribution is 2.17. The smallest absolute Gasteiger partial charge is 0.251 e. The molecule has 0 spiro atoms. The molecule has 1 aromatic rings. The fraction of sp³-hybridized carbons (Fsp3) is 0.667. The van der Waals surface area contributed by atoms with Crippen LogP contribution in [0.2, 0.25) is 0 Å². The normalized spacial score (nSPS) is 18.8. The highest BCUT2D eigenvalue weighted by atomic mass is 32.2. The molecule has 1 aliphatic heterocycles. The van der Waals surface area contributed by atoms with Gasteiger partial charge in [-0.25, -0.2) is 4.98 Å². The third kappa shape index (κ3) is 3.83. The van der Waals surface area contributed by atoms with E-state index in [9.17, 15) is 9.90 Å². The van der Waals surface area contributed by atoms with Crippen LogP contribution in [0.3, 0.4) is 0 Å². The van der Waals surface area contributed by atoms with Crippen LogP contribution in [0, 0.1) is 6.92 Å². The molecule has 0 radical (unpaired) electrons. The summed E-state index contributed by atoms with van der Waals surface area (Å²) in [6.07, 6.45) is 3.10. The molecule has 2 rings (SSSR count). The van der Waals surface area contributed by atoms with Crippen LogP contribution in [0.4, 0.5) is 0 Å². The average Bonchev–Trinajstić information content (AvgIpc) is 2.36. The van der Waals surface area contributed by atoms with Crippen molar-refractivity contribution in [2.24, 2.45) is 0 Å². The minimum absolute atomic E-state index is 0.141. The van der Waals surface area contributed by atoms with Gasteiger partial charge in [0.05, 0.1) is 0 Å². The van der Waals surface area contributed by atoms with Crippen molar-refractivity contribution in [2.45, 2.75) is 37.6 Å². The molecular weight excluding hydrogens is 250 g/mol. The molecule has 1 aliphatic rings. The lowest BCUT2D eigenvalue weighted by molar-refractivity contribution is 0.0102. The van der Waals surface area contributed by atoms with Crippen molar-refractivity contribution in [1.82, 2.24) is 14.9 Å². The molecule has 1 aromatic heterocycles. The van der Waals surface area contributed by atoms with Gasteiger partial charge in [-0.15, -0.1) is 0 Å². The molecule has 0 aliphatic carbocycles. The Balaban J connectivity index is 1.88. The van der Waals surface area contributed by atoms with E-state index >= 15 is 0 Å². The molecule has 1 saturated heterocycles. The summed E-state index contributed by atoms with van der Waals surface area (Å²) in [7, 11) is 0. The zero-order valence-corrected chi connectivity index (χ0v) is 11.4. The van der Waals surface area contributed by atoms with Crippen molar-refractivity contribution >= 4 is 11.8 Å². The van der Waals surface area contributed by atoms with Crippen molar-refractivity contribution in [2.75, 3.05) is 18.8 Å². The summed E-state index contributed by atoms with van der Waals surface area (Å²) in [4.78, 5) is 20.3. The first kappa shape index (κ1) is 13.6. The van der Waals surface area contributed by atoms with Crippen molar-refractivity contribution in [1.29, 1.82) is 0 Å². The number of aromatic amines is 1. The number of aliphatic hydroxyl groups is 1. The second-order valence-corrected chi connectivity index (χ2v) is 5.59. The van der Waals surface area contributed by atoms with E-state index in [-0.39, 0.29) is 5.56 Å². The minimum Gasteiger partial charge on any atom is -0.377 e. The number of nitrogens with zero attached hydrogens (tertiary/aromatic N) is 2. The number of rotatable bonds is 4. The van der Waals surface area contributed by atoms with E-state index in [0.717, 1.165) is 25.9 Å². The van der Waals surface area contributed by atoms with E-state index in [4.69, 9.17) is 0 Å². The summed E-state index contributed by atoms with van der Waals surface area (Å²) in [5, 5.41) is 10.6. The second-order valence-electron chi connectivity index (χ2n) is 4.58. The fourth-order valence-corrected chi connectivity index (χ4v) is 2.99. The van der Waals surface area contributed by atoms with Gasteiger partial charge in [-0.1, -0.05) is 18.2 Å². The first-order valence-corrected chi connectivity index (χ1v) is 7.26. The molecule has 5 nitrogen and oxygen atoms in total. The fourth-order valence-electron chi connectivity index (χ4n) is 2.10. The lowest BCUT2D eigenvalue weighted by Crippen LogP contribution is -2.40. The van der Waals surface area contributed by atoms with Gasteiger partial charge in [0.15, 0.2) is 5.16 Å². The molecule has 1 atom stereocenters. The van der Waals surface area contributed by atoms with Crippen LogP contribution in [0.5, 0.6) is 0 Å². The molecule has 2 N–H and O–H groups in total. The van der Waals surface area contributed by atoms with Gasteiger partial charge in [-0.2, -0.15) is 0 Å². The van der Waals surface area contributed by atoms with Crippen LogP contribution in [0.25, 0.3) is 0 Å². The third-order valence-corrected chi connectivity index (χ3v) is 3.96. The Labute approximate surface area is 111 Å². The Kier molecular flexibility index (Phi) is 4.79. The standard InChI is InChI=1S/C12H19N3O2S/c1-9-7-10(16)14-12(13-9)18-8-11(17)15-5-3-2-4-6-15/h7,11,17H,2-6,8H2,1H3,(H,13,14,16). The van der Waals surface area contributed by atoms with Gasteiger partial charge < -0.3 is 10.1 Å². The molecular formula is C12H19N3O2S. The highest BCUT2D eigenvalue weighted by molar-refractivity contribution is 7.99. The summed E-state index contributed by atoms with van der Waals surface area (Å²) in [5.41, 5.74) is 0.561. The van der Waals surface area contributed by atoms with Gasteiger partial charge in [0.1, 0.15) is 6.23 Å².